The van der Waals surface area contributed by atoms with E-state index in [-0.39, 0.29) is 11.2 Å². The number of carbonyl (C=O) groups excluding carboxylic acids is 1. The van der Waals surface area contributed by atoms with Crippen LogP contribution in [0.2, 0.25) is 0 Å². The van der Waals surface area contributed by atoms with Crippen molar-refractivity contribution in [2.45, 2.75) is 32.1 Å². The largest absolute Gasteiger partial charge is 0.330 e. The lowest BCUT2D eigenvalue weighted by Crippen LogP contribution is -2.39. The average Bonchev–Trinajstić information content (AvgIpc) is 2.57. The van der Waals surface area contributed by atoms with Gasteiger partial charge < -0.3 is 5.73 Å². The van der Waals surface area contributed by atoms with Crippen LogP contribution in [0.5, 0.6) is 0 Å². The summed E-state index contributed by atoms with van der Waals surface area (Å²) in [5.41, 5.74) is 6.87. The van der Waals surface area contributed by atoms with Crippen molar-refractivity contribution in [1.82, 2.24) is 9.78 Å². The van der Waals surface area contributed by atoms with E-state index in [1.165, 1.54) is 6.42 Å². The first-order chi connectivity index (χ1) is 7.63. The van der Waals surface area contributed by atoms with Crippen LogP contribution in [0.4, 0.5) is 0 Å². The van der Waals surface area contributed by atoms with Crippen molar-refractivity contribution in [3.05, 3.63) is 18.0 Å². The van der Waals surface area contributed by atoms with Gasteiger partial charge in [-0.1, -0.05) is 6.42 Å². The summed E-state index contributed by atoms with van der Waals surface area (Å²) in [5.74, 6) is 0.290. The summed E-state index contributed by atoms with van der Waals surface area (Å²) in [5, 5.41) is 4.06. The first-order valence-corrected chi connectivity index (χ1v) is 5.83. The van der Waals surface area contributed by atoms with Gasteiger partial charge in [0.05, 0.1) is 6.20 Å². The van der Waals surface area contributed by atoms with E-state index >= 15 is 0 Å². The molecule has 2 rings (SSSR count). The molecule has 1 aromatic heterocycles. The second-order valence-electron chi connectivity index (χ2n) is 4.97. The fourth-order valence-electron chi connectivity index (χ4n) is 2.40. The van der Waals surface area contributed by atoms with Gasteiger partial charge in [-0.15, -0.1) is 0 Å². The maximum Gasteiger partial charge on any atom is 0.137 e. The van der Waals surface area contributed by atoms with Gasteiger partial charge in [-0.3, -0.25) is 9.48 Å². The van der Waals surface area contributed by atoms with Crippen LogP contribution in [0, 0.1) is 5.41 Å². The monoisotopic (exact) mass is 221 g/mol. The van der Waals surface area contributed by atoms with E-state index in [1.807, 2.05) is 13.2 Å². The fraction of sp³-hybridized carbons (Fsp3) is 0.667. The van der Waals surface area contributed by atoms with Gasteiger partial charge in [0.25, 0.3) is 0 Å². The number of carbonyl (C=O) groups is 1. The van der Waals surface area contributed by atoms with Crippen molar-refractivity contribution in [3.63, 3.8) is 0 Å². The Morgan fingerprint density at radius 1 is 1.62 bits per heavy atom. The van der Waals surface area contributed by atoms with Gasteiger partial charge in [0.15, 0.2) is 0 Å². The van der Waals surface area contributed by atoms with Crippen LogP contribution in [0.3, 0.4) is 0 Å². The molecule has 0 spiro atoms. The molecule has 1 aromatic rings. The topological polar surface area (TPSA) is 60.9 Å². The van der Waals surface area contributed by atoms with E-state index in [1.54, 1.807) is 10.9 Å². The molecule has 1 aliphatic rings. The zero-order valence-electron chi connectivity index (χ0n) is 9.78. The number of nitrogens with zero attached hydrogens (tertiary/aromatic N) is 2. The molecule has 1 fully saturated rings. The van der Waals surface area contributed by atoms with E-state index in [0.29, 0.717) is 19.4 Å². The van der Waals surface area contributed by atoms with Crippen molar-refractivity contribution in [2.24, 2.45) is 18.2 Å². The summed E-state index contributed by atoms with van der Waals surface area (Å²) in [6, 6.07) is 0. The molecule has 16 heavy (non-hydrogen) atoms. The lowest BCUT2D eigenvalue weighted by Gasteiger charge is -2.40. The standard InChI is InChI=1S/C12H19N3O/c1-15-8-10(7-14-15)5-11(16)6-12(9-13)3-2-4-12/h7-8H,2-6,9,13H2,1H3. The van der Waals surface area contributed by atoms with Gasteiger partial charge in [0.2, 0.25) is 0 Å². The summed E-state index contributed by atoms with van der Waals surface area (Å²) in [7, 11) is 1.86. The van der Waals surface area contributed by atoms with Crippen molar-refractivity contribution in [2.75, 3.05) is 6.54 Å². The summed E-state index contributed by atoms with van der Waals surface area (Å²) >= 11 is 0. The lowest BCUT2D eigenvalue weighted by atomic mass is 9.65. The zero-order valence-corrected chi connectivity index (χ0v) is 9.78. The smallest absolute Gasteiger partial charge is 0.137 e. The Bertz CT molecular complexity index is 374. The number of ketones is 1. The molecule has 1 heterocycles. The molecule has 88 valence electrons. The van der Waals surface area contributed by atoms with E-state index in [0.717, 1.165) is 18.4 Å². The SMILES string of the molecule is Cn1cc(CC(=O)CC2(CN)CCC2)cn1. The maximum absolute atomic E-state index is 11.9. The highest BCUT2D eigenvalue weighted by molar-refractivity contribution is 5.81. The van der Waals surface area contributed by atoms with Crippen LogP contribution < -0.4 is 5.73 Å². The summed E-state index contributed by atoms with van der Waals surface area (Å²) in [6.45, 7) is 0.645. The van der Waals surface area contributed by atoms with Gasteiger partial charge in [-0.05, 0) is 30.4 Å². The third-order valence-corrected chi connectivity index (χ3v) is 3.58. The molecule has 1 aliphatic carbocycles. The van der Waals surface area contributed by atoms with E-state index in [9.17, 15) is 4.79 Å². The molecule has 0 aliphatic heterocycles. The van der Waals surface area contributed by atoms with Gasteiger partial charge in [-0.25, -0.2) is 0 Å². The van der Waals surface area contributed by atoms with Gasteiger partial charge in [0.1, 0.15) is 5.78 Å². The van der Waals surface area contributed by atoms with E-state index in [4.69, 9.17) is 5.73 Å². The Hall–Kier alpha value is -1.16. The minimum absolute atomic E-state index is 0.124. The van der Waals surface area contributed by atoms with Gasteiger partial charge in [0, 0.05) is 26.1 Å². The molecule has 0 bridgehead atoms. The summed E-state index contributed by atoms with van der Waals surface area (Å²) < 4.78 is 1.73. The van der Waals surface area contributed by atoms with Crippen LogP contribution in [-0.2, 0) is 18.3 Å². The van der Waals surface area contributed by atoms with Crippen LogP contribution in [-0.4, -0.2) is 22.1 Å². The van der Waals surface area contributed by atoms with Crippen LogP contribution >= 0.6 is 0 Å². The molecule has 1 saturated carbocycles. The summed E-state index contributed by atoms with van der Waals surface area (Å²) in [4.78, 5) is 11.9. The number of rotatable bonds is 5. The minimum atomic E-state index is 0.124. The number of hydrogen-bond donors (Lipinski definition) is 1. The molecular formula is C12H19N3O. The Kier molecular flexibility index (Phi) is 3.10. The Morgan fingerprint density at radius 2 is 2.38 bits per heavy atom. The molecule has 0 atom stereocenters. The molecule has 2 N–H and O–H groups in total. The number of nitrogens with two attached hydrogens (primary N) is 1. The first kappa shape index (κ1) is 11.3. The number of Topliss-reactive ketones (excluding diaryl/α,β-unsaturated/α-hetero) is 1. The third kappa shape index (κ3) is 2.32. The normalized spacial score (nSPS) is 18.1. The highest BCUT2D eigenvalue weighted by atomic mass is 16.1. The quantitative estimate of drug-likeness (QED) is 0.808. The van der Waals surface area contributed by atoms with Crippen molar-refractivity contribution in [3.8, 4) is 0 Å². The van der Waals surface area contributed by atoms with Crippen LogP contribution in [0.1, 0.15) is 31.2 Å². The van der Waals surface area contributed by atoms with Crippen molar-refractivity contribution < 1.29 is 4.79 Å². The maximum atomic E-state index is 11.9. The predicted molar refractivity (Wildman–Crippen MR) is 61.9 cm³/mol. The van der Waals surface area contributed by atoms with E-state index < -0.39 is 0 Å². The Morgan fingerprint density at radius 3 is 2.81 bits per heavy atom. The molecule has 0 unspecified atom stereocenters. The molecule has 0 aromatic carbocycles. The number of aryl methyl sites for hydroxylation is 1. The Labute approximate surface area is 95.8 Å². The van der Waals surface area contributed by atoms with Crippen molar-refractivity contribution >= 4 is 5.78 Å². The van der Waals surface area contributed by atoms with Gasteiger partial charge >= 0.3 is 0 Å². The van der Waals surface area contributed by atoms with Gasteiger partial charge in [-0.2, -0.15) is 5.10 Å². The average molecular weight is 221 g/mol. The predicted octanol–water partition coefficient (Wildman–Crippen LogP) is 1.05. The second-order valence-corrected chi connectivity index (χ2v) is 4.97. The number of hydrogen-bond acceptors (Lipinski definition) is 3. The van der Waals surface area contributed by atoms with E-state index in [2.05, 4.69) is 5.10 Å². The fourth-order valence-corrected chi connectivity index (χ4v) is 2.40. The molecule has 4 nitrogen and oxygen atoms in total. The number of aromatic nitrogens is 2. The summed E-state index contributed by atoms with van der Waals surface area (Å²) in [6.07, 6.45) is 8.23. The zero-order chi connectivity index (χ0) is 11.6. The van der Waals surface area contributed by atoms with Crippen LogP contribution in [0.25, 0.3) is 0 Å². The first-order valence-electron chi connectivity index (χ1n) is 5.83. The molecule has 4 heteroatoms. The third-order valence-electron chi connectivity index (χ3n) is 3.58. The van der Waals surface area contributed by atoms with Crippen LogP contribution in [0.15, 0.2) is 12.4 Å². The highest BCUT2D eigenvalue weighted by Gasteiger charge is 2.37. The second kappa shape index (κ2) is 4.37. The molecule has 0 saturated heterocycles. The minimum Gasteiger partial charge on any atom is -0.330 e. The Balaban J connectivity index is 1.89. The molecule has 0 amide bonds. The van der Waals surface area contributed by atoms with Crippen molar-refractivity contribution in [1.29, 1.82) is 0 Å². The molecular weight excluding hydrogens is 202 g/mol. The molecule has 0 radical (unpaired) electrons. The highest BCUT2D eigenvalue weighted by Crippen LogP contribution is 2.43. The lowest BCUT2D eigenvalue weighted by molar-refractivity contribution is -0.122.